The van der Waals surface area contributed by atoms with Gasteiger partial charge in [-0.2, -0.15) is 0 Å². The topological polar surface area (TPSA) is 44.8 Å². The minimum absolute atomic E-state index is 0.124. The number of carbonyl (C=O) groups excluding carboxylic acids is 1. The van der Waals surface area contributed by atoms with Crippen LogP contribution in [0, 0.1) is 0 Å². The SMILES string of the molecule is COc1cc(/C=C2\CCC/C(=C\c3cccs3)C2=O)cc(OC)c1OC. The van der Waals surface area contributed by atoms with E-state index < -0.39 is 0 Å². The van der Waals surface area contributed by atoms with Gasteiger partial charge in [0.25, 0.3) is 0 Å². The number of methoxy groups -OCH3 is 3. The zero-order chi connectivity index (χ0) is 18.5. The van der Waals surface area contributed by atoms with Crippen LogP contribution in [0.25, 0.3) is 12.2 Å². The number of ether oxygens (including phenoxy) is 3. The van der Waals surface area contributed by atoms with E-state index >= 15 is 0 Å². The first kappa shape index (κ1) is 18.3. The number of allylic oxidation sites excluding steroid dienone is 2. The van der Waals surface area contributed by atoms with Gasteiger partial charge in [0, 0.05) is 16.0 Å². The summed E-state index contributed by atoms with van der Waals surface area (Å²) in [5.74, 6) is 1.83. The van der Waals surface area contributed by atoms with Crippen molar-refractivity contribution in [3.8, 4) is 17.2 Å². The first-order valence-electron chi connectivity index (χ1n) is 8.45. The van der Waals surface area contributed by atoms with Crippen LogP contribution < -0.4 is 14.2 Å². The van der Waals surface area contributed by atoms with Crippen molar-refractivity contribution >= 4 is 29.3 Å². The number of thiophene rings is 1. The lowest BCUT2D eigenvalue weighted by Crippen LogP contribution is -2.12. The van der Waals surface area contributed by atoms with Gasteiger partial charge in [-0.1, -0.05) is 6.07 Å². The summed E-state index contributed by atoms with van der Waals surface area (Å²) in [4.78, 5) is 14.0. The third kappa shape index (κ3) is 3.83. The highest BCUT2D eigenvalue weighted by molar-refractivity contribution is 7.10. The Balaban J connectivity index is 1.95. The average Bonchev–Trinajstić information content (AvgIpc) is 3.17. The van der Waals surface area contributed by atoms with Gasteiger partial charge in [-0.15, -0.1) is 11.3 Å². The number of carbonyl (C=O) groups is 1. The fourth-order valence-corrected chi connectivity index (χ4v) is 3.79. The molecule has 4 nitrogen and oxygen atoms in total. The van der Waals surface area contributed by atoms with Crippen molar-refractivity contribution in [2.45, 2.75) is 19.3 Å². The van der Waals surface area contributed by atoms with Gasteiger partial charge in [-0.3, -0.25) is 4.79 Å². The number of hydrogen-bond donors (Lipinski definition) is 0. The molecule has 1 aromatic carbocycles. The Hall–Kier alpha value is -2.53. The molecule has 1 aromatic heterocycles. The lowest BCUT2D eigenvalue weighted by molar-refractivity contribution is -0.112. The van der Waals surface area contributed by atoms with E-state index in [1.165, 1.54) is 0 Å². The number of Topliss-reactive ketones (excluding diaryl/α,β-unsaturated/α-hetero) is 1. The Bertz CT molecular complexity index is 822. The van der Waals surface area contributed by atoms with E-state index in [4.69, 9.17) is 14.2 Å². The van der Waals surface area contributed by atoms with E-state index in [9.17, 15) is 4.79 Å². The molecule has 3 rings (SSSR count). The van der Waals surface area contributed by atoms with Gasteiger partial charge >= 0.3 is 0 Å². The number of ketones is 1. The van der Waals surface area contributed by atoms with Crippen molar-refractivity contribution in [2.75, 3.05) is 21.3 Å². The second kappa shape index (κ2) is 8.23. The normalized spacial score (nSPS) is 17.6. The summed E-state index contributed by atoms with van der Waals surface area (Å²) >= 11 is 1.64. The predicted octanol–water partition coefficient (Wildman–Crippen LogP) is 4.99. The minimum Gasteiger partial charge on any atom is -0.493 e. The predicted molar refractivity (Wildman–Crippen MR) is 105 cm³/mol. The fraction of sp³-hybridized carbons (Fsp3) is 0.286. The Morgan fingerprint density at radius 2 is 1.62 bits per heavy atom. The Morgan fingerprint density at radius 3 is 2.15 bits per heavy atom. The maximum absolute atomic E-state index is 12.9. The molecule has 0 bridgehead atoms. The molecule has 1 saturated carbocycles. The number of benzene rings is 1. The van der Waals surface area contributed by atoms with Crippen molar-refractivity contribution in [3.63, 3.8) is 0 Å². The highest BCUT2D eigenvalue weighted by Gasteiger charge is 2.21. The van der Waals surface area contributed by atoms with Crippen LogP contribution in [0.2, 0.25) is 0 Å². The fourth-order valence-electron chi connectivity index (χ4n) is 3.11. The molecule has 0 N–H and O–H groups in total. The van der Waals surface area contributed by atoms with Gasteiger partial charge in [0.2, 0.25) is 5.75 Å². The van der Waals surface area contributed by atoms with Gasteiger partial charge in [0.1, 0.15) is 0 Å². The van der Waals surface area contributed by atoms with Crippen molar-refractivity contribution < 1.29 is 19.0 Å². The molecule has 136 valence electrons. The zero-order valence-electron chi connectivity index (χ0n) is 15.2. The molecular formula is C21H22O4S. The Morgan fingerprint density at radius 1 is 0.962 bits per heavy atom. The number of hydrogen-bond acceptors (Lipinski definition) is 5. The largest absolute Gasteiger partial charge is 0.493 e. The van der Waals surface area contributed by atoms with E-state index in [0.717, 1.165) is 40.8 Å². The summed E-state index contributed by atoms with van der Waals surface area (Å²) in [6, 6.07) is 7.75. The molecule has 0 saturated heterocycles. The maximum Gasteiger partial charge on any atom is 0.203 e. The first-order valence-corrected chi connectivity index (χ1v) is 9.33. The molecule has 1 heterocycles. The van der Waals surface area contributed by atoms with Gasteiger partial charge in [0.05, 0.1) is 21.3 Å². The molecule has 1 aliphatic rings. The van der Waals surface area contributed by atoms with Gasteiger partial charge in [-0.05, 0) is 60.6 Å². The van der Waals surface area contributed by atoms with Crippen LogP contribution in [-0.2, 0) is 4.79 Å². The highest BCUT2D eigenvalue weighted by atomic mass is 32.1. The third-order valence-corrected chi connectivity index (χ3v) is 5.18. The van der Waals surface area contributed by atoms with Crippen molar-refractivity contribution in [3.05, 3.63) is 51.2 Å². The summed E-state index contributed by atoms with van der Waals surface area (Å²) in [5.41, 5.74) is 2.55. The van der Waals surface area contributed by atoms with Crippen LogP contribution in [0.5, 0.6) is 17.2 Å². The summed E-state index contributed by atoms with van der Waals surface area (Å²) in [7, 11) is 4.74. The van der Waals surface area contributed by atoms with E-state index in [-0.39, 0.29) is 5.78 Å². The quantitative estimate of drug-likeness (QED) is 0.695. The van der Waals surface area contributed by atoms with E-state index in [1.807, 2.05) is 41.8 Å². The highest BCUT2D eigenvalue weighted by Crippen LogP contribution is 2.39. The minimum atomic E-state index is 0.124. The molecule has 2 aromatic rings. The second-order valence-electron chi connectivity index (χ2n) is 6.00. The van der Waals surface area contributed by atoms with Crippen LogP contribution in [0.1, 0.15) is 29.7 Å². The summed E-state index contributed by atoms with van der Waals surface area (Å²) in [6.45, 7) is 0. The van der Waals surface area contributed by atoms with Crippen molar-refractivity contribution in [2.24, 2.45) is 0 Å². The molecule has 0 spiro atoms. The van der Waals surface area contributed by atoms with Crippen LogP contribution in [-0.4, -0.2) is 27.1 Å². The third-order valence-electron chi connectivity index (χ3n) is 4.36. The van der Waals surface area contributed by atoms with Gasteiger partial charge in [-0.25, -0.2) is 0 Å². The molecular weight excluding hydrogens is 348 g/mol. The van der Waals surface area contributed by atoms with Gasteiger partial charge < -0.3 is 14.2 Å². The molecule has 26 heavy (non-hydrogen) atoms. The lowest BCUT2D eigenvalue weighted by atomic mass is 9.87. The molecule has 0 amide bonds. The molecule has 1 aliphatic carbocycles. The van der Waals surface area contributed by atoms with Crippen molar-refractivity contribution in [1.29, 1.82) is 0 Å². The summed E-state index contributed by atoms with van der Waals surface area (Å²) in [6.07, 6.45) is 6.50. The van der Waals surface area contributed by atoms with Crippen molar-refractivity contribution in [1.82, 2.24) is 0 Å². The second-order valence-corrected chi connectivity index (χ2v) is 6.98. The molecule has 0 atom stereocenters. The Labute approximate surface area is 157 Å². The lowest BCUT2D eigenvalue weighted by Gasteiger charge is -2.17. The van der Waals surface area contributed by atoms with E-state index in [0.29, 0.717) is 17.2 Å². The van der Waals surface area contributed by atoms with E-state index in [1.54, 1.807) is 32.7 Å². The average molecular weight is 370 g/mol. The number of rotatable bonds is 5. The van der Waals surface area contributed by atoms with Crippen LogP contribution in [0.4, 0.5) is 0 Å². The Kier molecular flexibility index (Phi) is 5.78. The molecule has 0 radical (unpaired) electrons. The summed E-state index contributed by atoms with van der Waals surface area (Å²) < 4.78 is 16.1. The molecule has 0 unspecified atom stereocenters. The molecule has 0 aliphatic heterocycles. The zero-order valence-corrected chi connectivity index (χ0v) is 16.0. The maximum atomic E-state index is 12.9. The standard InChI is InChI=1S/C21H22O4S/c1-23-18-11-14(12-19(24-2)21(18)25-3)10-15-6-4-7-16(20(15)22)13-17-8-5-9-26-17/h5,8-13H,4,6-7H2,1-3H3/b15-10+,16-13+. The smallest absolute Gasteiger partial charge is 0.203 e. The molecule has 1 fully saturated rings. The molecule has 5 heteroatoms. The van der Waals surface area contributed by atoms with E-state index in [2.05, 4.69) is 0 Å². The van der Waals surface area contributed by atoms with Crippen LogP contribution in [0.15, 0.2) is 40.8 Å². The van der Waals surface area contributed by atoms with Crippen LogP contribution >= 0.6 is 11.3 Å². The van der Waals surface area contributed by atoms with Crippen LogP contribution in [0.3, 0.4) is 0 Å². The van der Waals surface area contributed by atoms with Gasteiger partial charge in [0.15, 0.2) is 17.3 Å². The monoisotopic (exact) mass is 370 g/mol. The summed E-state index contributed by atoms with van der Waals surface area (Å²) in [5, 5.41) is 2.02. The first-order chi connectivity index (χ1) is 12.7.